The molecule has 0 aromatic rings. The highest BCUT2D eigenvalue weighted by molar-refractivity contribution is 4.89. The second kappa shape index (κ2) is 4.18. The Hall–Kier alpha value is -0.160. The van der Waals surface area contributed by atoms with Crippen LogP contribution in [-0.4, -0.2) is 60.5 Å². The summed E-state index contributed by atoms with van der Waals surface area (Å²) < 4.78 is 0. The Morgan fingerprint density at radius 1 is 1.58 bits per heavy atom. The summed E-state index contributed by atoms with van der Waals surface area (Å²) in [4.78, 5) is 1.95. The molecule has 0 aliphatic carbocycles. The van der Waals surface area contributed by atoms with E-state index in [1.807, 2.05) is 11.9 Å². The standard InChI is InChI=1S/C8H18N2O2/c1-10(4-5-11)7-8(12)2-3-9-6-8/h9,11-12H,2-7H2,1H3. The number of aliphatic hydroxyl groups excluding tert-OH is 1. The molecule has 1 unspecified atom stereocenters. The third-order valence-electron chi connectivity index (χ3n) is 2.27. The fourth-order valence-electron chi connectivity index (χ4n) is 1.62. The molecule has 0 bridgehead atoms. The van der Waals surface area contributed by atoms with Crippen LogP contribution in [0, 0.1) is 0 Å². The van der Waals surface area contributed by atoms with Crippen molar-refractivity contribution in [2.75, 3.05) is 39.8 Å². The maximum Gasteiger partial charge on any atom is 0.0909 e. The van der Waals surface area contributed by atoms with Crippen molar-refractivity contribution in [3.8, 4) is 0 Å². The van der Waals surface area contributed by atoms with Gasteiger partial charge >= 0.3 is 0 Å². The van der Waals surface area contributed by atoms with Gasteiger partial charge in [-0.15, -0.1) is 0 Å². The summed E-state index contributed by atoms with van der Waals surface area (Å²) in [5, 5.41) is 21.7. The Balaban J connectivity index is 2.28. The summed E-state index contributed by atoms with van der Waals surface area (Å²) >= 11 is 0. The van der Waals surface area contributed by atoms with Gasteiger partial charge in [-0.1, -0.05) is 0 Å². The van der Waals surface area contributed by atoms with Gasteiger partial charge in [0, 0.05) is 19.6 Å². The highest BCUT2D eigenvalue weighted by Crippen LogP contribution is 2.14. The quantitative estimate of drug-likeness (QED) is 0.492. The molecule has 1 heterocycles. The van der Waals surface area contributed by atoms with Crippen molar-refractivity contribution in [2.45, 2.75) is 12.0 Å². The molecule has 4 nitrogen and oxygen atoms in total. The van der Waals surface area contributed by atoms with Crippen LogP contribution in [0.4, 0.5) is 0 Å². The SMILES string of the molecule is CN(CCO)CC1(O)CCNC1. The van der Waals surface area contributed by atoms with E-state index in [-0.39, 0.29) is 6.61 Å². The molecule has 1 saturated heterocycles. The molecule has 0 saturated carbocycles. The summed E-state index contributed by atoms with van der Waals surface area (Å²) in [5.41, 5.74) is -0.579. The monoisotopic (exact) mass is 174 g/mol. The second-order valence-electron chi connectivity index (χ2n) is 3.61. The maximum atomic E-state index is 9.90. The molecule has 4 heteroatoms. The first-order valence-electron chi connectivity index (χ1n) is 4.39. The highest BCUT2D eigenvalue weighted by Gasteiger charge is 2.31. The molecule has 12 heavy (non-hydrogen) atoms. The molecule has 0 radical (unpaired) electrons. The van der Waals surface area contributed by atoms with E-state index in [2.05, 4.69) is 5.32 Å². The number of nitrogens with one attached hydrogen (secondary N) is 1. The topological polar surface area (TPSA) is 55.7 Å². The van der Waals surface area contributed by atoms with Crippen LogP contribution in [0.25, 0.3) is 0 Å². The Labute approximate surface area is 73.2 Å². The lowest BCUT2D eigenvalue weighted by atomic mass is 10.0. The number of β-amino-alcohol motifs (C(OH)–C–C–N with tert-alkyl or cyclic N) is 1. The zero-order valence-corrected chi connectivity index (χ0v) is 7.58. The van der Waals surface area contributed by atoms with Gasteiger partial charge in [-0.05, 0) is 20.0 Å². The third-order valence-corrected chi connectivity index (χ3v) is 2.27. The molecular weight excluding hydrogens is 156 g/mol. The summed E-state index contributed by atoms with van der Waals surface area (Å²) in [5.74, 6) is 0. The third kappa shape index (κ3) is 2.71. The normalized spacial score (nSPS) is 30.0. The van der Waals surface area contributed by atoms with Gasteiger partial charge in [0.25, 0.3) is 0 Å². The van der Waals surface area contributed by atoms with E-state index >= 15 is 0 Å². The lowest BCUT2D eigenvalue weighted by Gasteiger charge is -2.27. The zero-order chi connectivity index (χ0) is 9.03. The van der Waals surface area contributed by atoms with Crippen LogP contribution in [0.2, 0.25) is 0 Å². The number of hydrogen-bond donors (Lipinski definition) is 3. The van der Waals surface area contributed by atoms with Crippen LogP contribution in [0.3, 0.4) is 0 Å². The first-order valence-corrected chi connectivity index (χ1v) is 4.39. The molecule has 0 amide bonds. The summed E-state index contributed by atoms with van der Waals surface area (Å²) in [7, 11) is 1.91. The van der Waals surface area contributed by atoms with E-state index in [1.165, 1.54) is 0 Å². The van der Waals surface area contributed by atoms with Crippen molar-refractivity contribution in [1.29, 1.82) is 0 Å². The van der Waals surface area contributed by atoms with Gasteiger partial charge in [-0.3, -0.25) is 0 Å². The van der Waals surface area contributed by atoms with E-state index in [0.717, 1.165) is 13.0 Å². The van der Waals surface area contributed by atoms with E-state index in [0.29, 0.717) is 19.6 Å². The Morgan fingerprint density at radius 3 is 2.83 bits per heavy atom. The number of nitrogens with zero attached hydrogens (tertiary/aromatic N) is 1. The molecule has 0 aromatic carbocycles. The minimum Gasteiger partial charge on any atom is -0.395 e. The molecule has 72 valence electrons. The molecule has 1 aliphatic heterocycles. The van der Waals surface area contributed by atoms with Crippen LogP contribution in [0.5, 0.6) is 0 Å². The number of likely N-dealkylation sites (N-methyl/N-ethyl adjacent to an activating group) is 1. The van der Waals surface area contributed by atoms with Gasteiger partial charge in [-0.2, -0.15) is 0 Å². The molecule has 1 rings (SSSR count). The van der Waals surface area contributed by atoms with Crippen molar-refractivity contribution < 1.29 is 10.2 Å². The predicted octanol–water partition coefficient (Wildman–Crippen LogP) is -1.37. The first kappa shape index (κ1) is 9.92. The summed E-state index contributed by atoms with van der Waals surface area (Å²) in [6, 6.07) is 0. The predicted molar refractivity (Wildman–Crippen MR) is 47.0 cm³/mol. The largest absolute Gasteiger partial charge is 0.395 e. The van der Waals surface area contributed by atoms with Gasteiger partial charge in [0.15, 0.2) is 0 Å². The Kier molecular flexibility index (Phi) is 3.46. The number of hydrogen-bond acceptors (Lipinski definition) is 4. The van der Waals surface area contributed by atoms with Gasteiger partial charge in [0.05, 0.1) is 12.2 Å². The second-order valence-corrected chi connectivity index (χ2v) is 3.61. The maximum absolute atomic E-state index is 9.90. The fourth-order valence-corrected chi connectivity index (χ4v) is 1.62. The van der Waals surface area contributed by atoms with Crippen molar-refractivity contribution in [3.05, 3.63) is 0 Å². The Bertz CT molecular complexity index is 135. The van der Waals surface area contributed by atoms with Gasteiger partial charge in [-0.25, -0.2) is 0 Å². The van der Waals surface area contributed by atoms with E-state index in [1.54, 1.807) is 0 Å². The van der Waals surface area contributed by atoms with Crippen LogP contribution in [0.15, 0.2) is 0 Å². The molecule has 1 atom stereocenters. The number of rotatable bonds is 4. The minimum atomic E-state index is -0.579. The molecule has 3 N–H and O–H groups in total. The zero-order valence-electron chi connectivity index (χ0n) is 7.58. The molecule has 0 spiro atoms. The molecule has 1 fully saturated rings. The number of aliphatic hydroxyl groups is 2. The van der Waals surface area contributed by atoms with E-state index < -0.39 is 5.60 Å². The van der Waals surface area contributed by atoms with Gasteiger partial charge in [0.1, 0.15) is 0 Å². The highest BCUT2D eigenvalue weighted by atomic mass is 16.3. The van der Waals surface area contributed by atoms with E-state index in [9.17, 15) is 5.11 Å². The summed E-state index contributed by atoms with van der Waals surface area (Å²) in [6.45, 7) is 2.98. The van der Waals surface area contributed by atoms with Crippen LogP contribution in [-0.2, 0) is 0 Å². The lowest BCUT2D eigenvalue weighted by Crippen LogP contribution is -2.43. The molecular formula is C8H18N2O2. The fraction of sp³-hybridized carbons (Fsp3) is 1.00. The van der Waals surface area contributed by atoms with Gasteiger partial charge < -0.3 is 20.4 Å². The average molecular weight is 174 g/mol. The average Bonchev–Trinajstić information content (AvgIpc) is 2.36. The van der Waals surface area contributed by atoms with Crippen molar-refractivity contribution in [2.24, 2.45) is 0 Å². The first-order chi connectivity index (χ1) is 5.66. The van der Waals surface area contributed by atoms with E-state index in [4.69, 9.17) is 5.11 Å². The smallest absolute Gasteiger partial charge is 0.0909 e. The van der Waals surface area contributed by atoms with Crippen molar-refractivity contribution in [1.82, 2.24) is 10.2 Å². The molecule has 1 aliphatic rings. The Morgan fingerprint density at radius 2 is 2.33 bits per heavy atom. The van der Waals surface area contributed by atoms with Gasteiger partial charge in [0.2, 0.25) is 0 Å². The van der Waals surface area contributed by atoms with Crippen LogP contribution >= 0.6 is 0 Å². The minimum absolute atomic E-state index is 0.153. The molecule has 0 aromatic heterocycles. The van der Waals surface area contributed by atoms with Crippen LogP contribution < -0.4 is 5.32 Å². The van der Waals surface area contributed by atoms with Crippen molar-refractivity contribution in [3.63, 3.8) is 0 Å². The lowest BCUT2D eigenvalue weighted by molar-refractivity contribution is 0.0246. The van der Waals surface area contributed by atoms with Crippen LogP contribution in [0.1, 0.15) is 6.42 Å². The summed E-state index contributed by atoms with van der Waals surface area (Å²) in [6.07, 6.45) is 0.808. The van der Waals surface area contributed by atoms with Crippen molar-refractivity contribution >= 4 is 0 Å².